The lowest BCUT2D eigenvalue weighted by Gasteiger charge is -2.11. The summed E-state index contributed by atoms with van der Waals surface area (Å²) in [5.41, 5.74) is 1.48. The van der Waals surface area contributed by atoms with E-state index in [4.69, 9.17) is 0 Å². The van der Waals surface area contributed by atoms with Crippen molar-refractivity contribution in [3.05, 3.63) is 35.9 Å². The summed E-state index contributed by atoms with van der Waals surface area (Å²) in [6.07, 6.45) is 2.50. The highest BCUT2D eigenvalue weighted by Gasteiger charge is 2.03. The number of hydrogen-bond donors (Lipinski definition) is 2. The van der Waals surface area contributed by atoms with Crippen LogP contribution in [0.2, 0.25) is 0 Å². The SMILES string of the molecule is CCC(CC)c1ccccc1.N.N. The van der Waals surface area contributed by atoms with Gasteiger partial charge in [0.25, 0.3) is 0 Å². The van der Waals surface area contributed by atoms with E-state index in [2.05, 4.69) is 44.2 Å². The molecule has 13 heavy (non-hydrogen) atoms. The molecule has 0 saturated carbocycles. The van der Waals surface area contributed by atoms with Gasteiger partial charge in [-0.25, -0.2) is 0 Å². The summed E-state index contributed by atoms with van der Waals surface area (Å²) in [7, 11) is 0. The van der Waals surface area contributed by atoms with Crippen LogP contribution in [0.15, 0.2) is 30.3 Å². The third-order valence-corrected chi connectivity index (χ3v) is 2.26. The molecular formula is C11H22N2. The molecule has 2 heteroatoms. The third-order valence-electron chi connectivity index (χ3n) is 2.26. The van der Waals surface area contributed by atoms with E-state index in [-0.39, 0.29) is 12.3 Å². The Morgan fingerprint density at radius 2 is 1.38 bits per heavy atom. The summed E-state index contributed by atoms with van der Waals surface area (Å²) in [5, 5.41) is 0. The molecule has 2 nitrogen and oxygen atoms in total. The molecule has 0 aliphatic rings. The van der Waals surface area contributed by atoms with E-state index >= 15 is 0 Å². The van der Waals surface area contributed by atoms with Gasteiger partial charge in [-0.15, -0.1) is 0 Å². The fourth-order valence-electron chi connectivity index (χ4n) is 1.49. The van der Waals surface area contributed by atoms with Crippen molar-refractivity contribution in [1.82, 2.24) is 12.3 Å². The van der Waals surface area contributed by atoms with E-state index < -0.39 is 0 Å². The first-order chi connectivity index (χ1) is 5.38. The van der Waals surface area contributed by atoms with E-state index in [9.17, 15) is 0 Å². The van der Waals surface area contributed by atoms with Gasteiger partial charge in [-0.1, -0.05) is 44.2 Å². The monoisotopic (exact) mass is 182 g/mol. The van der Waals surface area contributed by atoms with Crippen LogP contribution < -0.4 is 12.3 Å². The molecule has 0 spiro atoms. The molecule has 0 radical (unpaired) electrons. The van der Waals surface area contributed by atoms with E-state index in [1.807, 2.05) is 0 Å². The van der Waals surface area contributed by atoms with Crippen molar-refractivity contribution in [3.8, 4) is 0 Å². The molecular weight excluding hydrogens is 160 g/mol. The lowest BCUT2D eigenvalue weighted by Crippen LogP contribution is -1.93. The van der Waals surface area contributed by atoms with Crippen molar-refractivity contribution in [3.63, 3.8) is 0 Å². The normalized spacial score (nSPS) is 8.85. The van der Waals surface area contributed by atoms with Gasteiger partial charge >= 0.3 is 0 Å². The molecule has 0 aromatic heterocycles. The summed E-state index contributed by atoms with van der Waals surface area (Å²) in [6.45, 7) is 4.50. The molecule has 1 aromatic carbocycles. The van der Waals surface area contributed by atoms with Gasteiger partial charge in [-0.05, 0) is 24.3 Å². The first kappa shape index (κ1) is 14.7. The summed E-state index contributed by atoms with van der Waals surface area (Å²) >= 11 is 0. The molecule has 0 saturated heterocycles. The topological polar surface area (TPSA) is 70.0 Å². The second-order valence-corrected chi connectivity index (χ2v) is 2.92. The Morgan fingerprint density at radius 3 is 1.77 bits per heavy atom. The molecule has 76 valence electrons. The standard InChI is InChI=1S/C11H16.2H3N/c1-3-10(4-2)11-8-6-5-7-9-11;;/h5-10H,3-4H2,1-2H3;2*1H3. The maximum atomic E-state index is 2.25. The van der Waals surface area contributed by atoms with Crippen molar-refractivity contribution in [2.75, 3.05) is 0 Å². The first-order valence-electron chi connectivity index (χ1n) is 4.43. The van der Waals surface area contributed by atoms with E-state index in [0.29, 0.717) is 0 Å². The zero-order chi connectivity index (χ0) is 8.10. The number of benzene rings is 1. The summed E-state index contributed by atoms with van der Waals surface area (Å²) < 4.78 is 0. The van der Waals surface area contributed by atoms with Crippen LogP contribution in [0, 0.1) is 0 Å². The van der Waals surface area contributed by atoms with Gasteiger partial charge in [0.1, 0.15) is 0 Å². The predicted molar refractivity (Wildman–Crippen MR) is 59.8 cm³/mol. The van der Waals surface area contributed by atoms with Gasteiger partial charge < -0.3 is 12.3 Å². The van der Waals surface area contributed by atoms with Crippen LogP contribution in [-0.4, -0.2) is 0 Å². The van der Waals surface area contributed by atoms with Crippen molar-refractivity contribution < 1.29 is 0 Å². The number of hydrogen-bond acceptors (Lipinski definition) is 2. The van der Waals surface area contributed by atoms with Crippen molar-refractivity contribution >= 4 is 0 Å². The molecule has 0 aliphatic heterocycles. The minimum absolute atomic E-state index is 0. The molecule has 1 aromatic rings. The van der Waals surface area contributed by atoms with Crippen LogP contribution in [-0.2, 0) is 0 Å². The fourth-order valence-corrected chi connectivity index (χ4v) is 1.49. The highest BCUT2D eigenvalue weighted by atomic mass is 14.1. The van der Waals surface area contributed by atoms with Gasteiger partial charge in [0, 0.05) is 0 Å². The van der Waals surface area contributed by atoms with Gasteiger partial charge in [-0.2, -0.15) is 0 Å². The predicted octanol–water partition coefficient (Wildman–Crippen LogP) is 3.91. The van der Waals surface area contributed by atoms with Crippen LogP contribution >= 0.6 is 0 Å². The molecule has 0 aliphatic carbocycles. The molecule has 1 rings (SSSR count). The van der Waals surface area contributed by atoms with E-state index in [1.165, 1.54) is 18.4 Å². The summed E-state index contributed by atoms with van der Waals surface area (Å²) in [6, 6.07) is 10.8. The van der Waals surface area contributed by atoms with E-state index in [0.717, 1.165) is 5.92 Å². The smallest absolute Gasteiger partial charge is 0.0167 e. The Kier molecular flexibility index (Phi) is 8.76. The zero-order valence-electron chi connectivity index (χ0n) is 8.79. The van der Waals surface area contributed by atoms with Crippen LogP contribution in [0.1, 0.15) is 38.2 Å². The van der Waals surface area contributed by atoms with Gasteiger partial charge in [0.15, 0.2) is 0 Å². The van der Waals surface area contributed by atoms with E-state index in [1.54, 1.807) is 0 Å². The molecule has 0 bridgehead atoms. The molecule has 0 amide bonds. The zero-order valence-corrected chi connectivity index (χ0v) is 8.79. The summed E-state index contributed by atoms with van der Waals surface area (Å²) in [5.74, 6) is 0.760. The lowest BCUT2D eigenvalue weighted by molar-refractivity contribution is 0.642. The van der Waals surface area contributed by atoms with Crippen molar-refractivity contribution in [1.29, 1.82) is 0 Å². The van der Waals surface area contributed by atoms with Crippen molar-refractivity contribution in [2.45, 2.75) is 32.6 Å². The Morgan fingerprint density at radius 1 is 0.923 bits per heavy atom. The molecule has 0 fully saturated rings. The first-order valence-corrected chi connectivity index (χ1v) is 4.43. The van der Waals surface area contributed by atoms with Crippen LogP contribution in [0.5, 0.6) is 0 Å². The van der Waals surface area contributed by atoms with Crippen LogP contribution in [0.25, 0.3) is 0 Å². The third kappa shape index (κ3) is 4.06. The Bertz CT molecular complexity index is 193. The van der Waals surface area contributed by atoms with Gasteiger partial charge in [0.05, 0.1) is 0 Å². The number of rotatable bonds is 3. The average molecular weight is 182 g/mol. The minimum Gasteiger partial charge on any atom is -0.344 e. The Labute approximate surface area is 81.5 Å². The second-order valence-electron chi connectivity index (χ2n) is 2.92. The molecule has 0 heterocycles. The maximum Gasteiger partial charge on any atom is -0.0167 e. The molecule has 6 N–H and O–H groups in total. The largest absolute Gasteiger partial charge is 0.344 e. The second kappa shape index (κ2) is 7.77. The highest BCUT2D eigenvalue weighted by Crippen LogP contribution is 2.21. The van der Waals surface area contributed by atoms with Crippen LogP contribution in [0.4, 0.5) is 0 Å². The Hall–Kier alpha value is -0.860. The lowest BCUT2D eigenvalue weighted by atomic mass is 9.94. The summed E-state index contributed by atoms with van der Waals surface area (Å²) in [4.78, 5) is 0. The highest BCUT2D eigenvalue weighted by molar-refractivity contribution is 5.18. The minimum atomic E-state index is 0. The average Bonchev–Trinajstić information content (AvgIpc) is 2.09. The molecule has 0 unspecified atom stereocenters. The molecule has 0 atom stereocenters. The van der Waals surface area contributed by atoms with Gasteiger partial charge in [-0.3, -0.25) is 0 Å². The van der Waals surface area contributed by atoms with Crippen LogP contribution in [0.3, 0.4) is 0 Å². The Balaban J connectivity index is 0. The fraction of sp³-hybridized carbons (Fsp3) is 0.455. The van der Waals surface area contributed by atoms with Crippen molar-refractivity contribution in [2.24, 2.45) is 0 Å². The van der Waals surface area contributed by atoms with Gasteiger partial charge in [0.2, 0.25) is 0 Å². The maximum absolute atomic E-state index is 2.25. The quantitative estimate of drug-likeness (QED) is 0.743.